The molecule has 3 aromatic carbocycles. The van der Waals surface area contributed by atoms with Crippen LogP contribution in [0, 0.1) is 0 Å². The first-order valence-electron chi connectivity index (χ1n) is 14.6. The number of ether oxygens (including phenoxy) is 5. The Balaban J connectivity index is 1.36. The van der Waals surface area contributed by atoms with Crippen LogP contribution >= 0.6 is 22.9 Å². The van der Waals surface area contributed by atoms with Gasteiger partial charge in [-0.1, -0.05) is 54.5 Å². The molecule has 0 saturated carbocycles. The second-order valence-corrected chi connectivity index (χ2v) is 11.8. The van der Waals surface area contributed by atoms with Crippen molar-refractivity contribution in [1.29, 1.82) is 0 Å². The van der Waals surface area contributed by atoms with Crippen molar-refractivity contribution in [2.75, 3.05) is 20.5 Å². The number of esters is 1. The molecule has 0 radical (unpaired) electrons. The molecule has 0 N–H and O–H groups in total. The molecule has 9 nitrogen and oxygen atoms in total. The van der Waals surface area contributed by atoms with E-state index in [0.717, 1.165) is 23.3 Å². The number of hydrogen-bond donors (Lipinski definition) is 0. The molecule has 2 aliphatic rings. The fraction of sp³-hybridized carbons (Fsp3) is 0.265. The third-order valence-corrected chi connectivity index (χ3v) is 8.62. The topological polar surface area (TPSA) is 97.6 Å². The Bertz CT molecular complexity index is 1960. The zero-order valence-electron chi connectivity index (χ0n) is 25.0. The number of hydrogen-bond acceptors (Lipinski definition) is 9. The Morgan fingerprint density at radius 1 is 1.09 bits per heavy atom. The molecule has 0 saturated heterocycles. The van der Waals surface area contributed by atoms with Gasteiger partial charge in [0, 0.05) is 10.6 Å². The molecule has 232 valence electrons. The van der Waals surface area contributed by atoms with Crippen LogP contribution in [0.5, 0.6) is 23.0 Å². The molecule has 0 unspecified atom stereocenters. The van der Waals surface area contributed by atoms with Crippen LogP contribution in [0.1, 0.15) is 49.4 Å². The van der Waals surface area contributed by atoms with Gasteiger partial charge in [0.05, 0.1) is 29.5 Å². The van der Waals surface area contributed by atoms with E-state index >= 15 is 0 Å². The third kappa shape index (κ3) is 6.21. The second kappa shape index (κ2) is 13.2. The van der Waals surface area contributed by atoms with E-state index in [1.165, 1.54) is 11.3 Å². The number of carbonyl (C=O) groups excluding carboxylic acids is 1. The summed E-state index contributed by atoms with van der Waals surface area (Å²) < 4.78 is 29.9. The predicted octanol–water partition coefficient (Wildman–Crippen LogP) is 5.55. The summed E-state index contributed by atoms with van der Waals surface area (Å²) in [7, 11) is 1.54. The summed E-state index contributed by atoms with van der Waals surface area (Å²) in [5, 5.41) is 0.450. The lowest BCUT2D eigenvalue weighted by atomic mass is 9.93. The van der Waals surface area contributed by atoms with Crippen LogP contribution < -0.4 is 33.8 Å². The quantitative estimate of drug-likeness (QED) is 0.209. The fourth-order valence-corrected chi connectivity index (χ4v) is 6.54. The van der Waals surface area contributed by atoms with E-state index in [1.807, 2.05) is 55.5 Å². The lowest BCUT2D eigenvalue weighted by molar-refractivity contribution is -0.139. The summed E-state index contributed by atoms with van der Waals surface area (Å²) in [5.41, 5.74) is 2.95. The first-order valence-corrected chi connectivity index (χ1v) is 15.8. The minimum absolute atomic E-state index is 0.183. The summed E-state index contributed by atoms with van der Waals surface area (Å²) in [6.07, 6.45) is 3.09. The molecule has 6 rings (SSSR count). The van der Waals surface area contributed by atoms with E-state index in [1.54, 1.807) is 36.8 Å². The summed E-state index contributed by atoms with van der Waals surface area (Å²) in [6.45, 7) is 4.53. The van der Waals surface area contributed by atoms with E-state index in [9.17, 15) is 9.59 Å². The zero-order chi connectivity index (χ0) is 31.5. The molecular formula is C34H31ClN2O7S. The van der Waals surface area contributed by atoms with Crippen molar-refractivity contribution in [3.05, 3.63) is 113 Å². The van der Waals surface area contributed by atoms with Gasteiger partial charge in [0.25, 0.3) is 5.56 Å². The number of nitrogens with zero attached hydrogens (tertiary/aromatic N) is 2. The largest absolute Gasteiger partial charge is 0.496 e. The van der Waals surface area contributed by atoms with Crippen LogP contribution in [0.4, 0.5) is 0 Å². The fourth-order valence-electron chi connectivity index (χ4n) is 5.34. The molecule has 11 heteroatoms. The predicted molar refractivity (Wildman–Crippen MR) is 171 cm³/mol. The van der Waals surface area contributed by atoms with Crippen LogP contribution in [-0.4, -0.2) is 31.0 Å². The molecule has 2 aliphatic heterocycles. The van der Waals surface area contributed by atoms with Crippen molar-refractivity contribution in [1.82, 2.24) is 4.57 Å². The maximum absolute atomic E-state index is 14.1. The Morgan fingerprint density at radius 2 is 1.89 bits per heavy atom. The van der Waals surface area contributed by atoms with Gasteiger partial charge in [0.1, 0.15) is 24.1 Å². The van der Waals surface area contributed by atoms with Crippen LogP contribution in [0.25, 0.3) is 6.08 Å². The Morgan fingerprint density at radius 3 is 2.64 bits per heavy atom. The minimum atomic E-state index is -0.829. The van der Waals surface area contributed by atoms with Gasteiger partial charge in [-0.3, -0.25) is 9.36 Å². The Kier molecular flexibility index (Phi) is 8.95. The molecule has 0 bridgehead atoms. The molecule has 3 heterocycles. The zero-order valence-corrected chi connectivity index (χ0v) is 26.6. The van der Waals surface area contributed by atoms with Gasteiger partial charge in [-0.2, -0.15) is 0 Å². The second-order valence-electron chi connectivity index (χ2n) is 10.3. The number of thiazole rings is 1. The normalized spacial score (nSPS) is 15.5. The van der Waals surface area contributed by atoms with Crippen molar-refractivity contribution >= 4 is 35.0 Å². The van der Waals surface area contributed by atoms with Crippen LogP contribution in [0.3, 0.4) is 0 Å². The smallest absolute Gasteiger partial charge is 0.338 e. The van der Waals surface area contributed by atoms with Gasteiger partial charge in [-0.25, -0.2) is 9.79 Å². The first-order chi connectivity index (χ1) is 21.9. The highest BCUT2D eigenvalue weighted by Crippen LogP contribution is 2.38. The van der Waals surface area contributed by atoms with Crippen LogP contribution in [0.2, 0.25) is 5.02 Å². The average Bonchev–Trinajstić information content (AvgIpc) is 3.63. The Labute approximate surface area is 268 Å². The molecule has 1 atom stereocenters. The number of rotatable bonds is 10. The summed E-state index contributed by atoms with van der Waals surface area (Å²) in [6, 6.07) is 17.5. The third-order valence-electron chi connectivity index (χ3n) is 7.40. The number of methoxy groups -OCH3 is 1. The van der Waals surface area contributed by atoms with Gasteiger partial charge in [-0.05, 0) is 73.0 Å². The number of allylic oxidation sites excluding steroid dienone is 1. The number of fused-ring (bicyclic) bond motifs is 2. The van der Waals surface area contributed by atoms with Crippen LogP contribution in [0.15, 0.2) is 81.7 Å². The van der Waals surface area contributed by atoms with E-state index in [-0.39, 0.29) is 19.0 Å². The summed E-state index contributed by atoms with van der Waals surface area (Å²) >= 11 is 7.69. The molecule has 0 spiro atoms. The molecule has 0 aliphatic carbocycles. The van der Waals surface area contributed by atoms with Crippen molar-refractivity contribution in [3.63, 3.8) is 0 Å². The van der Waals surface area contributed by atoms with Gasteiger partial charge >= 0.3 is 5.97 Å². The lowest BCUT2D eigenvalue weighted by Crippen LogP contribution is -2.40. The van der Waals surface area contributed by atoms with E-state index < -0.39 is 12.0 Å². The van der Waals surface area contributed by atoms with E-state index in [4.69, 9.17) is 40.3 Å². The molecule has 0 amide bonds. The number of halogens is 1. The molecule has 1 aromatic heterocycles. The van der Waals surface area contributed by atoms with Crippen molar-refractivity contribution in [2.45, 2.75) is 39.3 Å². The van der Waals surface area contributed by atoms with Crippen molar-refractivity contribution < 1.29 is 28.5 Å². The maximum Gasteiger partial charge on any atom is 0.338 e. The highest BCUT2D eigenvalue weighted by Gasteiger charge is 2.36. The van der Waals surface area contributed by atoms with E-state index in [0.29, 0.717) is 61.5 Å². The minimum Gasteiger partial charge on any atom is -0.496 e. The number of carbonyl (C=O) groups is 1. The van der Waals surface area contributed by atoms with Gasteiger partial charge in [0.2, 0.25) is 6.79 Å². The summed E-state index contributed by atoms with van der Waals surface area (Å²) in [4.78, 5) is 32.8. The van der Waals surface area contributed by atoms with E-state index in [2.05, 4.69) is 0 Å². The SMILES string of the molecule is CCCC1=C(C(=O)OCC)[C@H](c2cc(Cl)ccc2OC)n2c(s/c(=C/c3ccc(OCc4ccc5c(c4)OCO5)cc3)c2=O)=N1. The first kappa shape index (κ1) is 30.5. The lowest BCUT2D eigenvalue weighted by Gasteiger charge is -2.27. The van der Waals surface area contributed by atoms with Crippen molar-refractivity contribution in [2.24, 2.45) is 4.99 Å². The molecule has 4 aromatic rings. The highest BCUT2D eigenvalue weighted by atomic mass is 35.5. The molecule has 0 fully saturated rings. The Hall–Kier alpha value is -4.54. The summed E-state index contributed by atoms with van der Waals surface area (Å²) in [5.74, 6) is 2.09. The van der Waals surface area contributed by atoms with Gasteiger partial charge in [-0.15, -0.1) is 0 Å². The van der Waals surface area contributed by atoms with Gasteiger partial charge in [0.15, 0.2) is 16.3 Å². The molecule has 45 heavy (non-hydrogen) atoms. The van der Waals surface area contributed by atoms with Crippen LogP contribution in [-0.2, 0) is 16.1 Å². The standard InChI is InChI=1S/C34H31ClN2O7S/c1-4-6-25-30(33(39)41-5-2)31(24-17-22(35)10-14-26(24)40-3)37-32(38)29(45-34(37)36-25)16-20-7-11-23(12-8-20)42-18-21-9-13-27-28(15-21)44-19-43-27/h7-17,31H,4-6,18-19H2,1-3H3/b29-16+/t31-/m0/s1. The maximum atomic E-state index is 14.1. The number of benzene rings is 3. The number of aromatic nitrogens is 1. The average molecular weight is 647 g/mol. The monoisotopic (exact) mass is 646 g/mol. The highest BCUT2D eigenvalue weighted by molar-refractivity contribution is 7.07. The van der Waals surface area contributed by atoms with Crippen molar-refractivity contribution in [3.8, 4) is 23.0 Å². The molecular weight excluding hydrogens is 616 g/mol. The van der Waals surface area contributed by atoms with Gasteiger partial charge < -0.3 is 23.7 Å².